The Labute approximate surface area is 217 Å². The van der Waals surface area contributed by atoms with Crippen LogP contribution in [-0.4, -0.2) is 28.1 Å². The summed E-state index contributed by atoms with van der Waals surface area (Å²) in [5, 5.41) is 12.4. The Hall–Kier alpha value is -3.14. The molecule has 1 heterocycles. The van der Waals surface area contributed by atoms with Crippen molar-refractivity contribution in [3.8, 4) is 5.75 Å². The number of aromatic nitrogens is 2. The van der Waals surface area contributed by atoms with Gasteiger partial charge in [-0.1, -0.05) is 95.0 Å². The Morgan fingerprint density at radius 2 is 1.66 bits per heavy atom. The molecule has 0 radical (unpaired) electrons. The van der Waals surface area contributed by atoms with E-state index in [1.165, 1.54) is 34.2 Å². The summed E-state index contributed by atoms with van der Waals surface area (Å²) in [7, 11) is 0. The second-order valence-electron chi connectivity index (χ2n) is 7.53. The molecule has 3 aromatic carbocycles. The van der Waals surface area contributed by atoms with Crippen molar-refractivity contribution in [3.63, 3.8) is 0 Å². The van der Waals surface area contributed by atoms with E-state index in [0.29, 0.717) is 6.61 Å². The summed E-state index contributed by atoms with van der Waals surface area (Å²) in [6.45, 7) is 2.59. The van der Waals surface area contributed by atoms with Crippen LogP contribution >= 0.6 is 34.9 Å². The third kappa shape index (κ3) is 8.54. The van der Waals surface area contributed by atoms with Gasteiger partial charge in [-0.3, -0.25) is 4.79 Å². The molecule has 0 saturated heterocycles. The number of carbonyl (C=O) groups is 1. The molecule has 0 saturated carbocycles. The predicted molar refractivity (Wildman–Crippen MR) is 144 cm³/mol. The molecule has 0 aliphatic heterocycles. The van der Waals surface area contributed by atoms with Crippen molar-refractivity contribution in [2.24, 2.45) is 5.10 Å². The Morgan fingerprint density at radius 1 is 0.943 bits per heavy atom. The van der Waals surface area contributed by atoms with Crippen molar-refractivity contribution in [3.05, 3.63) is 101 Å². The average Bonchev–Trinajstić information content (AvgIpc) is 3.35. The summed E-state index contributed by atoms with van der Waals surface area (Å²) in [6, 6.07) is 26.0. The Bertz CT molecular complexity index is 1240. The molecule has 0 aliphatic rings. The van der Waals surface area contributed by atoms with Gasteiger partial charge in [0.15, 0.2) is 8.68 Å². The van der Waals surface area contributed by atoms with Gasteiger partial charge in [0.2, 0.25) is 0 Å². The molecule has 0 aliphatic carbocycles. The second-order valence-corrected chi connectivity index (χ2v) is 11.0. The van der Waals surface area contributed by atoms with Crippen LogP contribution in [0.25, 0.3) is 0 Å². The molecule has 0 atom stereocenters. The number of nitrogens with zero attached hydrogens (tertiary/aromatic N) is 3. The molecule has 35 heavy (non-hydrogen) atoms. The number of hydrogen-bond donors (Lipinski definition) is 1. The average molecular weight is 521 g/mol. The molecule has 1 amide bonds. The van der Waals surface area contributed by atoms with Gasteiger partial charge in [0.05, 0.1) is 12.0 Å². The maximum Gasteiger partial charge on any atom is 0.250 e. The summed E-state index contributed by atoms with van der Waals surface area (Å²) in [4.78, 5) is 12.1. The van der Waals surface area contributed by atoms with Crippen molar-refractivity contribution in [1.82, 2.24) is 15.6 Å². The molecule has 1 aromatic heterocycles. The first kappa shape index (κ1) is 25.0. The molecule has 4 aromatic rings. The molecule has 4 rings (SSSR count). The summed E-state index contributed by atoms with van der Waals surface area (Å²) >= 11 is 4.50. The minimum atomic E-state index is -0.196. The zero-order valence-electron chi connectivity index (χ0n) is 19.1. The van der Waals surface area contributed by atoms with Crippen LogP contribution in [0, 0.1) is 6.92 Å². The molecule has 0 fully saturated rings. The van der Waals surface area contributed by atoms with Crippen molar-refractivity contribution in [2.75, 3.05) is 5.75 Å². The first-order chi connectivity index (χ1) is 17.1. The highest BCUT2D eigenvalue weighted by atomic mass is 32.2. The van der Waals surface area contributed by atoms with Gasteiger partial charge in [0.1, 0.15) is 12.4 Å². The predicted octanol–water partition coefficient (Wildman–Crippen LogP) is 5.96. The van der Waals surface area contributed by atoms with Crippen molar-refractivity contribution < 1.29 is 9.53 Å². The van der Waals surface area contributed by atoms with E-state index >= 15 is 0 Å². The van der Waals surface area contributed by atoms with Crippen molar-refractivity contribution in [2.45, 2.75) is 28.0 Å². The fourth-order valence-electron chi connectivity index (χ4n) is 2.87. The lowest BCUT2D eigenvalue weighted by atomic mass is 10.2. The first-order valence-corrected chi connectivity index (χ1v) is 13.7. The number of carbonyl (C=O) groups excluding carboxylic acids is 1. The maximum absolute atomic E-state index is 12.1. The fraction of sp³-hybridized carbons (Fsp3) is 0.154. The zero-order chi connectivity index (χ0) is 24.3. The van der Waals surface area contributed by atoms with Crippen LogP contribution in [0.2, 0.25) is 0 Å². The van der Waals surface area contributed by atoms with Crippen molar-refractivity contribution >= 4 is 47.0 Å². The number of aryl methyl sites for hydroxylation is 1. The van der Waals surface area contributed by atoms with Gasteiger partial charge in [0, 0.05) is 5.75 Å². The molecule has 0 spiro atoms. The lowest BCUT2D eigenvalue weighted by Gasteiger charge is -2.06. The van der Waals surface area contributed by atoms with E-state index in [1.54, 1.807) is 18.0 Å². The third-order valence-electron chi connectivity index (χ3n) is 4.73. The summed E-state index contributed by atoms with van der Waals surface area (Å²) in [5.74, 6) is 1.65. The van der Waals surface area contributed by atoms with Gasteiger partial charge in [-0.2, -0.15) is 5.10 Å². The third-order valence-corrected chi connectivity index (χ3v) is 7.99. The Balaban J connectivity index is 1.15. The van der Waals surface area contributed by atoms with Gasteiger partial charge < -0.3 is 4.74 Å². The van der Waals surface area contributed by atoms with E-state index in [2.05, 4.69) is 51.9 Å². The van der Waals surface area contributed by atoms with Crippen LogP contribution in [0.4, 0.5) is 0 Å². The number of thioether (sulfide) groups is 2. The topological polar surface area (TPSA) is 76.5 Å². The fourth-order valence-corrected chi connectivity index (χ4v) is 5.64. The van der Waals surface area contributed by atoms with E-state index in [4.69, 9.17) is 4.74 Å². The summed E-state index contributed by atoms with van der Waals surface area (Å²) < 4.78 is 7.44. The van der Waals surface area contributed by atoms with Crippen LogP contribution in [0.1, 0.15) is 22.3 Å². The highest BCUT2D eigenvalue weighted by Gasteiger charge is 2.08. The van der Waals surface area contributed by atoms with E-state index in [1.807, 2.05) is 54.6 Å². The van der Waals surface area contributed by atoms with Gasteiger partial charge >= 0.3 is 0 Å². The summed E-state index contributed by atoms with van der Waals surface area (Å²) in [6.07, 6.45) is 1.61. The zero-order valence-corrected chi connectivity index (χ0v) is 21.5. The highest BCUT2D eigenvalue weighted by molar-refractivity contribution is 8.03. The quantitative estimate of drug-likeness (QED) is 0.149. The molecule has 178 valence electrons. The van der Waals surface area contributed by atoms with Gasteiger partial charge in [-0.05, 0) is 47.9 Å². The van der Waals surface area contributed by atoms with Crippen LogP contribution in [-0.2, 0) is 17.2 Å². The van der Waals surface area contributed by atoms with Gasteiger partial charge in [0.25, 0.3) is 5.91 Å². The monoisotopic (exact) mass is 520 g/mol. The number of hydrogen-bond acceptors (Lipinski definition) is 8. The standard InChI is InChI=1S/C26H24N4O2S3/c1-19-7-9-22(10-8-19)17-33-25-29-30-26(35-25)34-18-24(31)28-27-15-20-11-13-23(14-12-20)32-16-21-5-3-2-4-6-21/h2-15H,16-18H2,1H3,(H,28,31)/b27-15+. The summed E-state index contributed by atoms with van der Waals surface area (Å²) in [5.41, 5.74) is 7.03. The lowest BCUT2D eigenvalue weighted by Crippen LogP contribution is -2.19. The molecular formula is C26H24N4O2S3. The normalized spacial score (nSPS) is 11.0. The number of hydrazone groups is 1. The maximum atomic E-state index is 12.1. The number of rotatable bonds is 11. The van der Waals surface area contributed by atoms with E-state index < -0.39 is 0 Å². The van der Waals surface area contributed by atoms with Crippen LogP contribution < -0.4 is 10.2 Å². The lowest BCUT2D eigenvalue weighted by molar-refractivity contribution is -0.118. The van der Waals surface area contributed by atoms with E-state index in [-0.39, 0.29) is 11.7 Å². The SMILES string of the molecule is Cc1ccc(CSc2nnc(SCC(=O)N/N=C/c3ccc(OCc4ccccc4)cc3)s2)cc1. The molecule has 1 N–H and O–H groups in total. The first-order valence-electron chi connectivity index (χ1n) is 10.9. The number of nitrogens with one attached hydrogen (secondary N) is 1. The minimum Gasteiger partial charge on any atom is -0.489 e. The Kier molecular flexibility index (Phi) is 9.33. The molecule has 0 unspecified atom stereocenters. The van der Waals surface area contributed by atoms with Gasteiger partial charge in [-0.25, -0.2) is 5.43 Å². The number of benzene rings is 3. The molecular weight excluding hydrogens is 497 g/mol. The highest BCUT2D eigenvalue weighted by Crippen LogP contribution is 2.30. The van der Waals surface area contributed by atoms with Gasteiger partial charge in [-0.15, -0.1) is 10.2 Å². The van der Waals surface area contributed by atoms with Crippen LogP contribution in [0.5, 0.6) is 5.75 Å². The van der Waals surface area contributed by atoms with E-state index in [0.717, 1.165) is 31.3 Å². The largest absolute Gasteiger partial charge is 0.489 e. The second kappa shape index (κ2) is 13.1. The molecule has 6 nitrogen and oxygen atoms in total. The minimum absolute atomic E-state index is 0.196. The number of ether oxygens (including phenoxy) is 1. The smallest absolute Gasteiger partial charge is 0.250 e. The van der Waals surface area contributed by atoms with Crippen molar-refractivity contribution in [1.29, 1.82) is 0 Å². The number of amides is 1. The Morgan fingerprint density at radius 3 is 2.40 bits per heavy atom. The molecule has 9 heteroatoms. The molecule has 0 bridgehead atoms. The van der Waals surface area contributed by atoms with Crippen LogP contribution in [0.3, 0.4) is 0 Å². The van der Waals surface area contributed by atoms with Crippen LogP contribution in [0.15, 0.2) is 92.6 Å². The van der Waals surface area contributed by atoms with E-state index in [9.17, 15) is 4.79 Å².